The summed E-state index contributed by atoms with van der Waals surface area (Å²) in [6, 6.07) is 0. The van der Waals surface area contributed by atoms with Crippen molar-refractivity contribution in [1.82, 2.24) is 0 Å². The van der Waals surface area contributed by atoms with Gasteiger partial charge in [-0.25, -0.2) is 0 Å². The summed E-state index contributed by atoms with van der Waals surface area (Å²) in [5, 5.41) is 2.15. The number of rotatable bonds is 1. The Morgan fingerprint density at radius 3 is 3.00 bits per heavy atom. The molecule has 0 spiro atoms. The average molecular weight is 200 g/mol. The van der Waals surface area contributed by atoms with Crippen molar-refractivity contribution >= 4 is 38.3 Å². The Balaban J connectivity index is 2.22. The zero-order valence-corrected chi connectivity index (χ0v) is 6.92. The standard InChI is InChI=1S/C4H5ClSSe/c5-3-4-6-1-2-7-4/h1-2,4H,3H2. The molecule has 0 nitrogen and oxygen atoms in total. The second-order valence-electron chi connectivity index (χ2n) is 1.13. The van der Waals surface area contributed by atoms with Crippen molar-refractivity contribution in [2.24, 2.45) is 0 Å². The second kappa shape index (κ2) is 3.03. The first kappa shape index (κ1) is 6.03. The van der Waals surface area contributed by atoms with Crippen molar-refractivity contribution < 1.29 is 0 Å². The molecule has 1 aliphatic heterocycles. The summed E-state index contributed by atoms with van der Waals surface area (Å²) in [6.45, 7) is 0. The van der Waals surface area contributed by atoms with Crippen molar-refractivity contribution in [2.75, 3.05) is 5.88 Å². The van der Waals surface area contributed by atoms with Crippen molar-refractivity contribution in [3.05, 3.63) is 10.4 Å². The molecule has 1 unspecified atom stereocenters. The molecule has 1 aliphatic rings. The molecule has 0 aliphatic carbocycles. The molecule has 1 heterocycles. The summed E-state index contributed by atoms with van der Waals surface area (Å²) in [6.07, 6.45) is 0. The fraction of sp³-hybridized carbons (Fsp3) is 0.500. The Morgan fingerprint density at radius 2 is 2.71 bits per heavy atom. The topological polar surface area (TPSA) is 0 Å². The molecule has 0 radical (unpaired) electrons. The third-order valence-corrected chi connectivity index (χ3v) is 5.58. The van der Waals surface area contributed by atoms with Crippen molar-refractivity contribution in [3.8, 4) is 0 Å². The van der Waals surface area contributed by atoms with Crippen LogP contribution in [0.5, 0.6) is 0 Å². The molecule has 0 aromatic carbocycles. The minimum absolute atomic E-state index is 0.687. The molecule has 40 valence electrons. The van der Waals surface area contributed by atoms with Gasteiger partial charge in [0.15, 0.2) is 0 Å². The van der Waals surface area contributed by atoms with E-state index in [-0.39, 0.29) is 0 Å². The molecule has 0 aromatic heterocycles. The summed E-state index contributed by atoms with van der Waals surface area (Å²) in [7, 11) is 0. The van der Waals surface area contributed by atoms with Crippen LogP contribution in [0.25, 0.3) is 0 Å². The van der Waals surface area contributed by atoms with Crippen LogP contribution in [0.15, 0.2) is 10.4 Å². The van der Waals surface area contributed by atoms with E-state index in [2.05, 4.69) is 10.4 Å². The van der Waals surface area contributed by atoms with Gasteiger partial charge >= 0.3 is 58.7 Å². The van der Waals surface area contributed by atoms with Crippen LogP contribution in [-0.4, -0.2) is 25.0 Å². The molecule has 0 saturated heterocycles. The van der Waals surface area contributed by atoms with E-state index in [9.17, 15) is 0 Å². The van der Waals surface area contributed by atoms with Gasteiger partial charge < -0.3 is 0 Å². The summed E-state index contributed by atoms with van der Waals surface area (Å²) in [5.41, 5.74) is 0. The van der Waals surface area contributed by atoms with Gasteiger partial charge in [0.1, 0.15) is 0 Å². The third kappa shape index (κ3) is 1.69. The molecule has 1 rings (SSSR count). The Bertz CT molecular complexity index is 75.8. The summed E-state index contributed by atoms with van der Waals surface area (Å²) >= 11 is 8.11. The van der Waals surface area contributed by atoms with Crippen LogP contribution < -0.4 is 0 Å². The number of halogens is 1. The van der Waals surface area contributed by atoms with Crippen LogP contribution in [0.3, 0.4) is 0 Å². The van der Waals surface area contributed by atoms with E-state index < -0.39 is 0 Å². The van der Waals surface area contributed by atoms with Gasteiger partial charge in [0.25, 0.3) is 0 Å². The van der Waals surface area contributed by atoms with Crippen LogP contribution in [0.1, 0.15) is 0 Å². The molecule has 1 atom stereocenters. The Morgan fingerprint density at radius 1 is 1.86 bits per heavy atom. The molecule has 0 N–H and O–H groups in total. The zero-order valence-electron chi connectivity index (χ0n) is 3.63. The van der Waals surface area contributed by atoms with Gasteiger partial charge in [0.2, 0.25) is 0 Å². The monoisotopic (exact) mass is 200 g/mol. The fourth-order valence-corrected chi connectivity index (χ4v) is 3.85. The van der Waals surface area contributed by atoms with Crippen LogP contribution in [0, 0.1) is 0 Å². The van der Waals surface area contributed by atoms with Gasteiger partial charge in [0, 0.05) is 0 Å². The number of thioether (sulfide) groups is 1. The normalized spacial score (nSPS) is 29.0. The van der Waals surface area contributed by atoms with Crippen LogP contribution in [0.2, 0.25) is 0 Å². The first-order chi connectivity index (χ1) is 3.43. The summed E-state index contributed by atoms with van der Waals surface area (Å²) < 4.78 is 0.731. The Kier molecular flexibility index (Phi) is 2.61. The maximum atomic E-state index is 5.56. The van der Waals surface area contributed by atoms with Gasteiger partial charge in [-0.1, -0.05) is 0 Å². The summed E-state index contributed by atoms with van der Waals surface area (Å²) in [4.78, 5) is 2.23. The Labute approximate surface area is 58.8 Å². The third-order valence-electron chi connectivity index (χ3n) is 0.642. The summed E-state index contributed by atoms with van der Waals surface area (Å²) in [5.74, 6) is 0.817. The molecule has 3 heteroatoms. The van der Waals surface area contributed by atoms with Gasteiger partial charge in [-0.15, -0.1) is 0 Å². The number of hydrogen-bond donors (Lipinski definition) is 0. The van der Waals surface area contributed by atoms with Crippen molar-refractivity contribution in [1.29, 1.82) is 0 Å². The van der Waals surface area contributed by atoms with Crippen LogP contribution in [0.4, 0.5) is 0 Å². The van der Waals surface area contributed by atoms with E-state index in [1.165, 1.54) is 0 Å². The molecular formula is C4H5ClSSe. The van der Waals surface area contributed by atoms with Gasteiger partial charge in [0.05, 0.1) is 0 Å². The van der Waals surface area contributed by atoms with Crippen LogP contribution >= 0.6 is 23.4 Å². The van der Waals surface area contributed by atoms with E-state index in [1.54, 1.807) is 0 Å². The van der Waals surface area contributed by atoms with Gasteiger partial charge in [-0.3, -0.25) is 0 Å². The molecule has 0 amide bonds. The first-order valence-corrected chi connectivity index (χ1v) is 5.41. The predicted octanol–water partition coefficient (Wildman–Crippen LogP) is 1.47. The average Bonchev–Trinajstić information content (AvgIpc) is 2.14. The maximum absolute atomic E-state index is 5.56. The van der Waals surface area contributed by atoms with E-state index in [0.29, 0.717) is 15.0 Å². The van der Waals surface area contributed by atoms with Crippen molar-refractivity contribution in [3.63, 3.8) is 0 Å². The van der Waals surface area contributed by atoms with E-state index >= 15 is 0 Å². The molecule has 0 saturated carbocycles. The first-order valence-electron chi connectivity index (χ1n) is 1.95. The SMILES string of the molecule is ClCC1SC=C[Se]1. The molecular weight excluding hydrogens is 195 g/mol. The van der Waals surface area contributed by atoms with Gasteiger partial charge in [-0.05, 0) is 0 Å². The van der Waals surface area contributed by atoms with Gasteiger partial charge in [-0.2, -0.15) is 0 Å². The van der Waals surface area contributed by atoms with E-state index in [0.717, 1.165) is 10.0 Å². The molecule has 7 heavy (non-hydrogen) atoms. The second-order valence-corrected chi connectivity index (χ2v) is 5.56. The quantitative estimate of drug-likeness (QED) is 0.455. The predicted molar refractivity (Wildman–Crippen MR) is 37.0 cm³/mol. The fourth-order valence-electron chi connectivity index (χ4n) is 0.344. The zero-order chi connectivity index (χ0) is 5.11. The van der Waals surface area contributed by atoms with E-state index in [1.807, 2.05) is 11.8 Å². The van der Waals surface area contributed by atoms with Crippen LogP contribution in [-0.2, 0) is 0 Å². The Hall–Kier alpha value is 0.899. The molecule has 0 fully saturated rings. The number of hydrogen-bond acceptors (Lipinski definition) is 1. The molecule has 0 aromatic rings. The van der Waals surface area contributed by atoms with Crippen molar-refractivity contribution in [2.45, 2.75) is 4.15 Å². The number of alkyl halides is 1. The molecule has 0 bridgehead atoms. The van der Waals surface area contributed by atoms with E-state index in [4.69, 9.17) is 11.6 Å². The minimum atomic E-state index is 0.687.